The molecular formula is C10H12INO2. The van der Waals surface area contributed by atoms with Crippen LogP contribution < -0.4 is 0 Å². The molecule has 4 heteroatoms. The molecule has 0 aliphatic carbocycles. The van der Waals surface area contributed by atoms with Crippen molar-refractivity contribution in [1.82, 2.24) is 4.98 Å². The summed E-state index contributed by atoms with van der Waals surface area (Å²) in [5.74, 6) is -0.302. The number of aromatic nitrogens is 1. The maximum atomic E-state index is 11.6. The summed E-state index contributed by atoms with van der Waals surface area (Å²) in [4.78, 5) is 15.7. The Kier molecular flexibility index (Phi) is 3.86. The van der Waals surface area contributed by atoms with Crippen molar-refractivity contribution in [2.75, 3.05) is 0 Å². The second-order valence-corrected chi connectivity index (χ2v) is 4.49. The van der Waals surface area contributed by atoms with E-state index in [4.69, 9.17) is 4.74 Å². The Morgan fingerprint density at radius 1 is 1.57 bits per heavy atom. The second-order valence-electron chi connectivity index (χ2n) is 3.24. The number of carbonyl (C=O) groups is 1. The van der Waals surface area contributed by atoms with E-state index in [1.54, 1.807) is 19.2 Å². The lowest BCUT2D eigenvalue weighted by atomic mass is 10.2. The van der Waals surface area contributed by atoms with Crippen molar-refractivity contribution in [3.63, 3.8) is 0 Å². The Balaban J connectivity index is 2.94. The molecule has 1 heterocycles. The number of esters is 1. The maximum absolute atomic E-state index is 11.6. The molecule has 0 amide bonds. The molecular weight excluding hydrogens is 293 g/mol. The Morgan fingerprint density at radius 3 is 2.79 bits per heavy atom. The summed E-state index contributed by atoms with van der Waals surface area (Å²) in [6.45, 7) is 5.45. The summed E-state index contributed by atoms with van der Waals surface area (Å²) in [6, 6.07) is 1.79. The summed E-state index contributed by atoms with van der Waals surface area (Å²) in [6.07, 6.45) is 1.63. The van der Waals surface area contributed by atoms with Gasteiger partial charge in [-0.15, -0.1) is 0 Å². The highest BCUT2D eigenvalue weighted by Crippen LogP contribution is 2.12. The van der Waals surface area contributed by atoms with Crippen molar-refractivity contribution in [2.24, 2.45) is 0 Å². The van der Waals surface area contributed by atoms with E-state index in [-0.39, 0.29) is 12.1 Å². The molecule has 0 atom stereocenters. The predicted molar refractivity (Wildman–Crippen MR) is 62.2 cm³/mol. The average Bonchev–Trinajstić information content (AvgIpc) is 2.08. The fourth-order valence-electron chi connectivity index (χ4n) is 0.992. The first-order valence-corrected chi connectivity index (χ1v) is 5.41. The third kappa shape index (κ3) is 2.94. The van der Waals surface area contributed by atoms with Crippen LogP contribution in [0.1, 0.15) is 29.9 Å². The summed E-state index contributed by atoms with van der Waals surface area (Å²) in [5.41, 5.74) is 1.25. The highest BCUT2D eigenvalue weighted by molar-refractivity contribution is 14.1. The van der Waals surface area contributed by atoms with E-state index in [1.165, 1.54) is 0 Å². The summed E-state index contributed by atoms with van der Waals surface area (Å²) >= 11 is 2.12. The first-order valence-electron chi connectivity index (χ1n) is 4.34. The molecule has 0 bridgehead atoms. The molecule has 0 spiro atoms. The molecule has 0 saturated carbocycles. The van der Waals surface area contributed by atoms with E-state index in [1.807, 2.05) is 13.8 Å². The molecule has 0 unspecified atom stereocenters. The Morgan fingerprint density at radius 2 is 2.21 bits per heavy atom. The number of nitrogens with zero attached hydrogens (tertiary/aromatic N) is 1. The first kappa shape index (κ1) is 11.4. The predicted octanol–water partition coefficient (Wildman–Crippen LogP) is 2.56. The van der Waals surface area contributed by atoms with Gasteiger partial charge in [0.15, 0.2) is 0 Å². The highest BCUT2D eigenvalue weighted by atomic mass is 127. The number of carbonyl (C=O) groups excluding carboxylic acids is 1. The normalized spacial score (nSPS) is 10.4. The summed E-state index contributed by atoms with van der Waals surface area (Å²) in [7, 11) is 0. The lowest BCUT2D eigenvalue weighted by Crippen LogP contribution is -2.13. The number of aryl methyl sites for hydroxylation is 1. The van der Waals surface area contributed by atoms with Gasteiger partial charge in [0, 0.05) is 9.77 Å². The van der Waals surface area contributed by atoms with Gasteiger partial charge in [0.25, 0.3) is 0 Å². The van der Waals surface area contributed by atoms with E-state index in [2.05, 4.69) is 27.6 Å². The van der Waals surface area contributed by atoms with Gasteiger partial charge in [-0.1, -0.05) is 0 Å². The van der Waals surface area contributed by atoms with E-state index >= 15 is 0 Å². The monoisotopic (exact) mass is 305 g/mol. The molecule has 0 fully saturated rings. The van der Waals surface area contributed by atoms with Crippen molar-refractivity contribution >= 4 is 28.6 Å². The summed E-state index contributed by atoms with van der Waals surface area (Å²) < 4.78 is 6.02. The van der Waals surface area contributed by atoms with Crippen molar-refractivity contribution in [2.45, 2.75) is 26.9 Å². The third-order valence-corrected chi connectivity index (χ3v) is 2.21. The molecule has 0 saturated heterocycles. The largest absolute Gasteiger partial charge is 0.459 e. The van der Waals surface area contributed by atoms with Gasteiger partial charge in [-0.3, -0.25) is 4.98 Å². The quantitative estimate of drug-likeness (QED) is 0.623. The van der Waals surface area contributed by atoms with E-state index in [0.717, 1.165) is 3.57 Å². The first-order chi connectivity index (χ1) is 6.50. The van der Waals surface area contributed by atoms with Crippen LogP contribution in [-0.4, -0.2) is 17.1 Å². The molecule has 1 aromatic heterocycles. The minimum absolute atomic E-state index is 0.0974. The number of pyridine rings is 1. The Labute approximate surface area is 97.0 Å². The minimum Gasteiger partial charge on any atom is -0.459 e. The second kappa shape index (κ2) is 4.72. The van der Waals surface area contributed by atoms with Gasteiger partial charge in [0.1, 0.15) is 0 Å². The van der Waals surface area contributed by atoms with Gasteiger partial charge in [0.2, 0.25) is 0 Å². The van der Waals surface area contributed by atoms with Gasteiger partial charge in [0.05, 0.1) is 17.4 Å². The molecule has 3 nitrogen and oxygen atoms in total. The zero-order valence-corrected chi connectivity index (χ0v) is 10.5. The van der Waals surface area contributed by atoms with E-state index in [0.29, 0.717) is 11.3 Å². The van der Waals surface area contributed by atoms with Crippen LogP contribution in [0.4, 0.5) is 0 Å². The van der Waals surface area contributed by atoms with Crippen LogP contribution in [0.3, 0.4) is 0 Å². The SMILES string of the molecule is Cc1ncc(I)cc1C(=O)OC(C)C. The number of halogens is 1. The summed E-state index contributed by atoms with van der Waals surface area (Å²) in [5, 5.41) is 0. The van der Waals surface area contributed by atoms with Gasteiger partial charge < -0.3 is 4.74 Å². The van der Waals surface area contributed by atoms with Gasteiger partial charge >= 0.3 is 5.97 Å². The standard InChI is InChI=1S/C10H12INO2/c1-6(2)14-10(13)9-4-8(11)5-12-7(9)3/h4-6H,1-3H3. The fourth-order valence-corrected chi connectivity index (χ4v) is 1.44. The van der Waals surface area contributed by atoms with E-state index < -0.39 is 0 Å². The van der Waals surface area contributed by atoms with E-state index in [9.17, 15) is 4.79 Å². The zero-order chi connectivity index (χ0) is 10.7. The Bertz CT molecular complexity index is 350. The minimum atomic E-state index is -0.302. The highest BCUT2D eigenvalue weighted by Gasteiger charge is 2.13. The van der Waals surface area contributed by atoms with Crippen LogP contribution >= 0.6 is 22.6 Å². The van der Waals surface area contributed by atoms with Gasteiger partial charge in [-0.05, 0) is 49.4 Å². The maximum Gasteiger partial charge on any atom is 0.340 e. The smallest absolute Gasteiger partial charge is 0.340 e. The average molecular weight is 305 g/mol. The number of ether oxygens (including phenoxy) is 1. The molecule has 0 radical (unpaired) electrons. The molecule has 1 aromatic rings. The van der Waals surface area contributed by atoms with Crippen molar-refractivity contribution in [3.05, 3.63) is 27.1 Å². The third-order valence-electron chi connectivity index (χ3n) is 1.62. The Hall–Kier alpha value is -0.650. The lowest BCUT2D eigenvalue weighted by Gasteiger charge is -2.09. The van der Waals surface area contributed by atoms with Crippen LogP contribution in [0.2, 0.25) is 0 Å². The molecule has 0 aliphatic heterocycles. The topological polar surface area (TPSA) is 39.2 Å². The number of hydrogen-bond donors (Lipinski definition) is 0. The molecule has 14 heavy (non-hydrogen) atoms. The zero-order valence-electron chi connectivity index (χ0n) is 8.37. The van der Waals surface area contributed by atoms with Crippen molar-refractivity contribution in [3.8, 4) is 0 Å². The van der Waals surface area contributed by atoms with Crippen molar-refractivity contribution < 1.29 is 9.53 Å². The van der Waals surface area contributed by atoms with Crippen LogP contribution in [0, 0.1) is 10.5 Å². The van der Waals surface area contributed by atoms with Crippen molar-refractivity contribution in [1.29, 1.82) is 0 Å². The van der Waals surface area contributed by atoms with Crippen LogP contribution in [0.25, 0.3) is 0 Å². The number of hydrogen-bond acceptors (Lipinski definition) is 3. The number of rotatable bonds is 2. The molecule has 76 valence electrons. The lowest BCUT2D eigenvalue weighted by molar-refractivity contribution is 0.0376. The molecule has 1 rings (SSSR count). The van der Waals surface area contributed by atoms with Crippen LogP contribution in [-0.2, 0) is 4.74 Å². The molecule has 0 N–H and O–H groups in total. The van der Waals surface area contributed by atoms with Crippen LogP contribution in [0.5, 0.6) is 0 Å². The van der Waals surface area contributed by atoms with Gasteiger partial charge in [-0.25, -0.2) is 4.79 Å². The molecule has 0 aliphatic rings. The van der Waals surface area contributed by atoms with Gasteiger partial charge in [-0.2, -0.15) is 0 Å². The fraction of sp³-hybridized carbons (Fsp3) is 0.400. The van der Waals surface area contributed by atoms with Crippen LogP contribution in [0.15, 0.2) is 12.3 Å². The molecule has 0 aromatic carbocycles.